The van der Waals surface area contributed by atoms with E-state index < -0.39 is 0 Å². The van der Waals surface area contributed by atoms with Crippen LogP contribution < -0.4 is 16.2 Å². The monoisotopic (exact) mass is 343 g/mol. The lowest BCUT2D eigenvalue weighted by molar-refractivity contribution is 0.242. The second-order valence-corrected chi connectivity index (χ2v) is 5.20. The number of hydrogen-bond donors (Lipinski definition) is 3. The molecule has 0 saturated heterocycles. The lowest BCUT2D eigenvalue weighted by Crippen LogP contribution is -2.38. The van der Waals surface area contributed by atoms with Crippen LogP contribution >= 0.6 is 11.6 Å². The molecule has 0 saturated carbocycles. The van der Waals surface area contributed by atoms with E-state index in [4.69, 9.17) is 11.6 Å². The largest absolute Gasteiger partial charge is 0.333 e. The Kier molecular flexibility index (Phi) is 4.87. The molecule has 0 unspecified atom stereocenters. The average molecular weight is 344 g/mol. The van der Waals surface area contributed by atoms with Gasteiger partial charge in [0, 0.05) is 24.6 Å². The number of amides is 2. The van der Waals surface area contributed by atoms with Gasteiger partial charge in [-0.05, 0) is 29.8 Å². The first-order valence-electron chi connectivity index (χ1n) is 7.07. The fourth-order valence-corrected chi connectivity index (χ4v) is 2.03. The number of carbonyl (C=O) groups excluding carboxylic acids is 1. The quantitative estimate of drug-likeness (QED) is 0.617. The molecule has 0 aliphatic carbocycles. The minimum Gasteiger partial charge on any atom is -0.333 e. The molecule has 1 aromatic carbocycles. The van der Waals surface area contributed by atoms with Gasteiger partial charge in [-0.3, -0.25) is 10.9 Å². The smallest absolute Gasteiger partial charge is 0.333 e. The zero-order chi connectivity index (χ0) is 16.8. The lowest BCUT2D eigenvalue weighted by atomic mass is 10.2. The van der Waals surface area contributed by atoms with Crippen LogP contribution in [-0.4, -0.2) is 25.8 Å². The van der Waals surface area contributed by atoms with E-state index in [9.17, 15) is 4.79 Å². The Bertz CT molecular complexity index is 788. The van der Waals surface area contributed by atoms with Gasteiger partial charge in [0.15, 0.2) is 11.0 Å². The van der Waals surface area contributed by atoms with Gasteiger partial charge in [-0.15, -0.1) is 10.2 Å². The summed E-state index contributed by atoms with van der Waals surface area (Å²) < 4.78 is 1.90. The first-order valence-corrected chi connectivity index (χ1v) is 7.45. The topological polar surface area (TPSA) is 96.8 Å². The van der Waals surface area contributed by atoms with Crippen LogP contribution in [0.15, 0.2) is 55.1 Å². The Balaban J connectivity index is 1.46. The van der Waals surface area contributed by atoms with Crippen molar-refractivity contribution in [2.75, 3.05) is 5.43 Å². The molecule has 2 heterocycles. The number of nitrogens with zero attached hydrogens (tertiary/aromatic N) is 4. The number of nitrogens with one attached hydrogen (secondary N) is 3. The van der Waals surface area contributed by atoms with Crippen molar-refractivity contribution < 1.29 is 4.79 Å². The Hall–Kier alpha value is -3.13. The maximum absolute atomic E-state index is 11.7. The van der Waals surface area contributed by atoms with E-state index in [1.807, 2.05) is 35.0 Å². The summed E-state index contributed by atoms with van der Waals surface area (Å²) in [6, 6.07) is 10.6. The molecule has 9 heteroatoms. The maximum atomic E-state index is 11.7. The van der Waals surface area contributed by atoms with Crippen LogP contribution in [0.2, 0.25) is 5.15 Å². The summed E-state index contributed by atoms with van der Waals surface area (Å²) in [5.74, 6) is 0.388. The van der Waals surface area contributed by atoms with Gasteiger partial charge in [0.1, 0.15) is 0 Å². The van der Waals surface area contributed by atoms with Crippen molar-refractivity contribution in [3.63, 3.8) is 0 Å². The third kappa shape index (κ3) is 4.20. The molecular weight excluding hydrogens is 330 g/mol. The van der Waals surface area contributed by atoms with Crippen molar-refractivity contribution in [3.05, 3.63) is 65.8 Å². The summed E-state index contributed by atoms with van der Waals surface area (Å²) in [4.78, 5) is 15.7. The van der Waals surface area contributed by atoms with Gasteiger partial charge in [0.2, 0.25) is 0 Å². The molecular formula is C15H14ClN7O. The number of aromatic nitrogens is 4. The number of urea groups is 1. The highest BCUT2D eigenvalue weighted by molar-refractivity contribution is 6.29. The highest BCUT2D eigenvalue weighted by atomic mass is 35.5. The number of imidazole rings is 1. The van der Waals surface area contributed by atoms with E-state index in [0.29, 0.717) is 12.4 Å². The van der Waals surface area contributed by atoms with E-state index in [1.54, 1.807) is 24.7 Å². The molecule has 3 N–H and O–H groups in total. The van der Waals surface area contributed by atoms with Gasteiger partial charge in [-0.2, -0.15) is 0 Å². The molecule has 3 aromatic rings. The number of anilines is 1. The molecule has 24 heavy (non-hydrogen) atoms. The average Bonchev–Trinajstić information content (AvgIpc) is 3.14. The van der Waals surface area contributed by atoms with Crippen LogP contribution in [0.3, 0.4) is 0 Å². The van der Waals surface area contributed by atoms with Crippen molar-refractivity contribution in [2.24, 2.45) is 0 Å². The minimum absolute atomic E-state index is 0.282. The van der Waals surface area contributed by atoms with E-state index >= 15 is 0 Å². The van der Waals surface area contributed by atoms with Crippen LogP contribution in [0.4, 0.5) is 10.6 Å². The van der Waals surface area contributed by atoms with Gasteiger partial charge < -0.3 is 9.88 Å². The molecule has 8 nitrogen and oxygen atoms in total. The normalized spacial score (nSPS) is 10.2. The van der Waals surface area contributed by atoms with Crippen molar-refractivity contribution in [1.82, 2.24) is 30.5 Å². The number of halogens is 1. The third-order valence-electron chi connectivity index (χ3n) is 3.13. The van der Waals surface area contributed by atoms with Gasteiger partial charge >= 0.3 is 6.03 Å². The molecule has 0 bridgehead atoms. The van der Waals surface area contributed by atoms with Crippen molar-refractivity contribution >= 4 is 23.4 Å². The Labute approximate surface area is 142 Å². The summed E-state index contributed by atoms with van der Waals surface area (Å²) in [5, 5.41) is 10.4. The molecule has 0 spiro atoms. The molecule has 0 radical (unpaired) electrons. The summed E-state index contributed by atoms with van der Waals surface area (Å²) >= 11 is 5.63. The van der Waals surface area contributed by atoms with Crippen LogP contribution in [-0.2, 0) is 6.54 Å². The first kappa shape index (κ1) is 15.8. The molecule has 2 aromatic heterocycles. The van der Waals surface area contributed by atoms with Crippen molar-refractivity contribution in [1.29, 1.82) is 0 Å². The summed E-state index contributed by atoms with van der Waals surface area (Å²) in [6.45, 7) is 0.393. The van der Waals surface area contributed by atoms with Crippen LogP contribution in [0.1, 0.15) is 5.56 Å². The van der Waals surface area contributed by atoms with E-state index in [-0.39, 0.29) is 11.2 Å². The van der Waals surface area contributed by atoms with Crippen LogP contribution in [0, 0.1) is 0 Å². The second kappa shape index (κ2) is 7.42. The van der Waals surface area contributed by atoms with Crippen LogP contribution in [0.25, 0.3) is 5.69 Å². The minimum atomic E-state index is -0.384. The highest BCUT2D eigenvalue weighted by Gasteiger charge is 2.02. The molecule has 0 aliphatic rings. The van der Waals surface area contributed by atoms with Gasteiger partial charge in [-0.1, -0.05) is 23.7 Å². The fraction of sp³-hybridized carbons (Fsp3) is 0.0667. The standard InChI is InChI=1S/C15H14ClN7O/c16-13-5-6-14(20-19-13)21-22-15(24)18-9-11-1-3-12(4-2-11)23-8-7-17-10-23/h1-8,10H,9H2,(H,20,21)(H2,18,22,24). The van der Waals surface area contributed by atoms with Crippen LogP contribution in [0.5, 0.6) is 0 Å². The van der Waals surface area contributed by atoms with Crippen molar-refractivity contribution in [2.45, 2.75) is 6.54 Å². The Morgan fingerprint density at radius 2 is 1.96 bits per heavy atom. The van der Waals surface area contributed by atoms with E-state index in [0.717, 1.165) is 11.3 Å². The number of rotatable bonds is 5. The number of hydrazine groups is 1. The molecule has 3 rings (SSSR count). The Morgan fingerprint density at radius 1 is 1.12 bits per heavy atom. The van der Waals surface area contributed by atoms with E-state index in [2.05, 4.69) is 31.3 Å². The predicted molar refractivity (Wildman–Crippen MR) is 89.6 cm³/mol. The maximum Gasteiger partial charge on any atom is 0.333 e. The highest BCUT2D eigenvalue weighted by Crippen LogP contribution is 2.09. The third-order valence-corrected chi connectivity index (χ3v) is 3.33. The van der Waals surface area contributed by atoms with Gasteiger partial charge in [-0.25, -0.2) is 9.78 Å². The zero-order valence-electron chi connectivity index (χ0n) is 12.5. The second-order valence-electron chi connectivity index (χ2n) is 4.81. The van der Waals surface area contributed by atoms with E-state index in [1.165, 1.54) is 0 Å². The zero-order valence-corrected chi connectivity index (χ0v) is 13.2. The summed E-state index contributed by atoms with van der Waals surface area (Å²) in [5.41, 5.74) is 7.07. The molecule has 2 amide bonds. The number of benzene rings is 1. The molecule has 122 valence electrons. The van der Waals surface area contributed by atoms with Gasteiger partial charge in [0.05, 0.1) is 6.33 Å². The number of carbonyl (C=O) groups is 1. The lowest BCUT2D eigenvalue weighted by Gasteiger charge is -2.09. The van der Waals surface area contributed by atoms with Gasteiger partial charge in [0.25, 0.3) is 0 Å². The number of hydrogen-bond acceptors (Lipinski definition) is 5. The summed E-state index contributed by atoms with van der Waals surface area (Å²) in [7, 11) is 0. The Morgan fingerprint density at radius 3 is 2.62 bits per heavy atom. The molecule has 0 atom stereocenters. The fourth-order valence-electron chi connectivity index (χ4n) is 1.93. The molecule has 0 fully saturated rings. The molecule has 0 aliphatic heterocycles. The predicted octanol–water partition coefficient (Wildman–Crippen LogP) is 2.14. The summed E-state index contributed by atoms with van der Waals surface area (Å²) in [6.07, 6.45) is 5.32. The SMILES string of the molecule is O=C(NCc1ccc(-n2ccnc2)cc1)NNc1ccc(Cl)nn1. The van der Waals surface area contributed by atoms with Crippen molar-refractivity contribution in [3.8, 4) is 5.69 Å². The first-order chi connectivity index (χ1) is 11.7.